The molecule has 0 unspecified atom stereocenters. The molecule has 2 aromatic rings. The van der Waals surface area contributed by atoms with Gasteiger partial charge in [0.25, 0.3) is 5.91 Å². The van der Waals surface area contributed by atoms with Gasteiger partial charge in [-0.15, -0.1) is 0 Å². The molecule has 0 bridgehead atoms. The van der Waals surface area contributed by atoms with Crippen LogP contribution in [0, 0.1) is 0 Å². The summed E-state index contributed by atoms with van der Waals surface area (Å²) in [6.07, 6.45) is 0. The molecule has 0 spiro atoms. The van der Waals surface area contributed by atoms with Crippen LogP contribution in [0.5, 0.6) is 11.5 Å². The summed E-state index contributed by atoms with van der Waals surface area (Å²) in [4.78, 5) is 15.1. The third-order valence-corrected chi connectivity index (χ3v) is 5.02. The Balaban J connectivity index is 1.76. The lowest BCUT2D eigenvalue weighted by Gasteiger charge is -2.32. The Kier molecular flexibility index (Phi) is 5.68. The third kappa shape index (κ3) is 3.50. The van der Waals surface area contributed by atoms with Crippen molar-refractivity contribution in [2.45, 2.75) is 13.0 Å². The first-order valence-corrected chi connectivity index (χ1v) is 8.87. The fourth-order valence-corrected chi connectivity index (χ4v) is 3.43. The number of nitrogens with one attached hydrogen (secondary N) is 1. The van der Waals surface area contributed by atoms with Gasteiger partial charge in [0.1, 0.15) is 5.69 Å². The van der Waals surface area contributed by atoms with Crippen molar-refractivity contribution in [3.63, 3.8) is 0 Å². The maximum atomic E-state index is 12.7. The molecule has 7 heteroatoms. The summed E-state index contributed by atoms with van der Waals surface area (Å²) < 4.78 is 18.1. The number of hydrogen-bond acceptors (Lipinski definition) is 5. The van der Waals surface area contributed by atoms with Gasteiger partial charge in [0, 0.05) is 38.1 Å². The molecule has 2 heterocycles. The number of benzene rings is 1. The third-order valence-electron chi connectivity index (χ3n) is 5.02. The number of aromatic nitrogens is 1. The van der Waals surface area contributed by atoms with E-state index in [1.54, 1.807) is 14.2 Å². The highest BCUT2D eigenvalue weighted by Crippen LogP contribution is 2.36. The van der Waals surface area contributed by atoms with E-state index in [0.717, 1.165) is 37.2 Å². The van der Waals surface area contributed by atoms with Crippen molar-refractivity contribution in [2.24, 2.45) is 7.05 Å². The Morgan fingerprint density at radius 3 is 2.65 bits per heavy atom. The van der Waals surface area contributed by atoms with Gasteiger partial charge in [-0.2, -0.15) is 0 Å². The second-order valence-corrected chi connectivity index (χ2v) is 6.53. The number of carbonyl (C=O) groups excluding carboxylic acids is 1. The van der Waals surface area contributed by atoms with Crippen LogP contribution in [-0.2, 0) is 11.8 Å². The average Bonchev–Trinajstić information content (AvgIpc) is 3.02. The van der Waals surface area contributed by atoms with Gasteiger partial charge in [0.2, 0.25) is 0 Å². The highest BCUT2D eigenvalue weighted by molar-refractivity contribution is 6.01. The summed E-state index contributed by atoms with van der Waals surface area (Å²) in [5.41, 5.74) is 1.52. The van der Waals surface area contributed by atoms with Crippen molar-refractivity contribution in [1.82, 2.24) is 14.8 Å². The predicted molar refractivity (Wildman–Crippen MR) is 100 cm³/mol. The van der Waals surface area contributed by atoms with Crippen LogP contribution in [0.15, 0.2) is 18.2 Å². The van der Waals surface area contributed by atoms with Crippen molar-refractivity contribution in [3.05, 3.63) is 23.9 Å². The highest BCUT2D eigenvalue weighted by atomic mass is 16.5. The number of carbonyl (C=O) groups is 1. The molecule has 1 N–H and O–H groups in total. The Hall–Kier alpha value is -2.25. The molecule has 1 aromatic heterocycles. The zero-order chi connectivity index (χ0) is 18.7. The largest absolute Gasteiger partial charge is 0.493 e. The molecule has 1 aliphatic heterocycles. The highest BCUT2D eigenvalue weighted by Gasteiger charge is 2.21. The van der Waals surface area contributed by atoms with E-state index in [9.17, 15) is 4.79 Å². The molecule has 26 heavy (non-hydrogen) atoms. The first kappa shape index (κ1) is 18.5. The molecule has 7 nitrogen and oxygen atoms in total. The molecule has 0 aliphatic carbocycles. The molecule has 0 radical (unpaired) electrons. The number of fused-ring (bicyclic) bond motifs is 1. The van der Waals surface area contributed by atoms with Crippen LogP contribution in [0.2, 0.25) is 0 Å². The van der Waals surface area contributed by atoms with E-state index in [-0.39, 0.29) is 11.9 Å². The van der Waals surface area contributed by atoms with Crippen LogP contribution in [0.25, 0.3) is 10.9 Å². The molecule has 1 saturated heterocycles. The standard InChI is InChI=1S/C19H27N3O4/c1-13(22-7-9-26-10-8-22)12-20-19(23)16-11-14-15(21(16)2)5-6-17(24-3)18(14)25-4/h5-6,11,13H,7-10,12H2,1-4H3,(H,20,23)/t13-/m1/s1. The van der Waals surface area contributed by atoms with Crippen LogP contribution >= 0.6 is 0 Å². The van der Waals surface area contributed by atoms with Crippen molar-refractivity contribution in [1.29, 1.82) is 0 Å². The van der Waals surface area contributed by atoms with Crippen molar-refractivity contribution < 1.29 is 19.0 Å². The first-order valence-electron chi connectivity index (χ1n) is 8.87. The maximum Gasteiger partial charge on any atom is 0.267 e. The van der Waals surface area contributed by atoms with Crippen LogP contribution in [0.3, 0.4) is 0 Å². The summed E-state index contributed by atoms with van der Waals surface area (Å²) in [5.74, 6) is 1.20. The molecule has 142 valence electrons. The summed E-state index contributed by atoms with van der Waals surface area (Å²) in [7, 11) is 5.09. The Bertz CT molecular complexity index is 781. The number of morpholine rings is 1. The number of aryl methyl sites for hydroxylation is 1. The van der Waals surface area contributed by atoms with E-state index in [0.29, 0.717) is 23.7 Å². The summed E-state index contributed by atoms with van der Waals surface area (Å²) in [6.45, 7) is 6.04. The topological polar surface area (TPSA) is 65.0 Å². The van der Waals surface area contributed by atoms with Gasteiger partial charge in [0.15, 0.2) is 11.5 Å². The molecule has 1 atom stereocenters. The molecule has 1 fully saturated rings. The van der Waals surface area contributed by atoms with E-state index >= 15 is 0 Å². The number of hydrogen-bond donors (Lipinski definition) is 1. The summed E-state index contributed by atoms with van der Waals surface area (Å²) >= 11 is 0. The molecule has 1 amide bonds. The van der Waals surface area contributed by atoms with Gasteiger partial charge in [-0.05, 0) is 25.1 Å². The lowest BCUT2D eigenvalue weighted by atomic mass is 10.2. The van der Waals surface area contributed by atoms with Crippen molar-refractivity contribution >= 4 is 16.8 Å². The molecule has 1 aromatic carbocycles. The van der Waals surface area contributed by atoms with Crippen LogP contribution in [0.1, 0.15) is 17.4 Å². The first-order chi connectivity index (χ1) is 12.6. The Labute approximate surface area is 153 Å². The van der Waals surface area contributed by atoms with Crippen LogP contribution in [0.4, 0.5) is 0 Å². The van der Waals surface area contributed by atoms with Gasteiger partial charge in [0.05, 0.1) is 33.0 Å². The SMILES string of the molecule is COc1ccc2c(cc(C(=O)NC[C@@H](C)N3CCOCC3)n2C)c1OC. The van der Waals surface area contributed by atoms with E-state index in [1.807, 2.05) is 29.8 Å². The normalized spacial score (nSPS) is 16.5. The fraction of sp³-hybridized carbons (Fsp3) is 0.526. The van der Waals surface area contributed by atoms with E-state index in [2.05, 4.69) is 17.1 Å². The van der Waals surface area contributed by atoms with E-state index < -0.39 is 0 Å². The number of methoxy groups -OCH3 is 2. The van der Waals surface area contributed by atoms with Gasteiger partial charge >= 0.3 is 0 Å². The number of ether oxygens (including phenoxy) is 3. The van der Waals surface area contributed by atoms with E-state index in [4.69, 9.17) is 14.2 Å². The lowest BCUT2D eigenvalue weighted by molar-refractivity contribution is 0.0204. The molecular weight excluding hydrogens is 334 g/mol. The quantitative estimate of drug-likeness (QED) is 0.848. The van der Waals surface area contributed by atoms with Crippen molar-refractivity contribution in [3.8, 4) is 11.5 Å². The summed E-state index contributed by atoms with van der Waals surface area (Å²) in [6, 6.07) is 5.91. The van der Waals surface area contributed by atoms with Crippen molar-refractivity contribution in [2.75, 3.05) is 47.1 Å². The zero-order valence-electron chi connectivity index (χ0n) is 15.9. The Morgan fingerprint density at radius 2 is 2.00 bits per heavy atom. The minimum Gasteiger partial charge on any atom is -0.493 e. The second kappa shape index (κ2) is 7.97. The maximum absolute atomic E-state index is 12.7. The molecule has 3 rings (SSSR count). The number of amides is 1. The second-order valence-electron chi connectivity index (χ2n) is 6.53. The van der Waals surface area contributed by atoms with Gasteiger partial charge < -0.3 is 24.1 Å². The lowest BCUT2D eigenvalue weighted by Crippen LogP contribution is -2.47. The minimum atomic E-state index is -0.0928. The zero-order valence-corrected chi connectivity index (χ0v) is 15.9. The minimum absolute atomic E-state index is 0.0928. The monoisotopic (exact) mass is 361 g/mol. The Morgan fingerprint density at radius 1 is 1.27 bits per heavy atom. The number of nitrogens with zero attached hydrogens (tertiary/aromatic N) is 2. The van der Waals surface area contributed by atoms with Gasteiger partial charge in [-0.25, -0.2) is 0 Å². The predicted octanol–water partition coefficient (Wildman–Crippen LogP) is 1.65. The fourth-order valence-electron chi connectivity index (χ4n) is 3.43. The molecular formula is C19H27N3O4. The number of rotatable bonds is 6. The summed E-state index contributed by atoms with van der Waals surface area (Å²) in [5, 5.41) is 3.91. The van der Waals surface area contributed by atoms with Crippen LogP contribution < -0.4 is 14.8 Å². The van der Waals surface area contributed by atoms with Gasteiger partial charge in [-0.3, -0.25) is 9.69 Å². The van der Waals surface area contributed by atoms with Crippen LogP contribution in [-0.4, -0.2) is 68.5 Å². The molecule has 1 aliphatic rings. The average molecular weight is 361 g/mol. The van der Waals surface area contributed by atoms with E-state index in [1.165, 1.54) is 0 Å². The van der Waals surface area contributed by atoms with Gasteiger partial charge in [-0.1, -0.05) is 0 Å². The smallest absolute Gasteiger partial charge is 0.267 e. The molecule has 0 saturated carbocycles.